The van der Waals surface area contributed by atoms with Crippen molar-refractivity contribution in [2.24, 2.45) is 0 Å². The minimum Gasteiger partial charge on any atom is -0.324 e. The molecule has 7 nitrogen and oxygen atoms in total. The SMILES string of the molecule is N#CC(=C1CCN(C(=O)N2CCn3ncnc3C2)CC1)c1ccc(Cl)s1. The highest BCUT2D eigenvalue weighted by Crippen LogP contribution is 2.32. The van der Waals surface area contributed by atoms with Gasteiger partial charge in [-0.2, -0.15) is 10.4 Å². The van der Waals surface area contributed by atoms with Crippen LogP contribution in [0.25, 0.3) is 5.57 Å². The second-order valence-corrected chi connectivity index (χ2v) is 8.00. The van der Waals surface area contributed by atoms with Crippen LogP contribution in [0.2, 0.25) is 4.34 Å². The Morgan fingerprint density at radius 3 is 2.69 bits per heavy atom. The van der Waals surface area contributed by atoms with E-state index in [1.54, 1.807) is 0 Å². The standard InChI is InChI=1S/C17H17ClN6OS/c18-15-2-1-14(26-15)13(9-19)12-3-5-22(6-4-12)17(25)23-7-8-24-16(10-23)20-11-21-24/h1-2,11H,3-8,10H2. The number of amides is 2. The molecular weight excluding hydrogens is 372 g/mol. The number of piperidine rings is 1. The number of nitriles is 1. The maximum atomic E-state index is 12.8. The number of likely N-dealkylation sites (tertiary alicyclic amines) is 1. The Hall–Kier alpha value is -2.37. The quantitative estimate of drug-likeness (QED) is 0.703. The average Bonchev–Trinajstić information content (AvgIpc) is 3.30. The summed E-state index contributed by atoms with van der Waals surface area (Å²) in [5, 5.41) is 13.7. The van der Waals surface area contributed by atoms with E-state index in [4.69, 9.17) is 11.6 Å². The molecule has 2 aromatic heterocycles. The summed E-state index contributed by atoms with van der Waals surface area (Å²) >= 11 is 7.42. The van der Waals surface area contributed by atoms with Gasteiger partial charge in [0, 0.05) is 24.5 Å². The molecule has 4 heterocycles. The van der Waals surface area contributed by atoms with E-state index in [-0.39, 0.29) is 6.03 Å². The van der Waals surface area contributed by atoms with Crippen molar-refractivity contribution in [1.82, 2.24) is 24.6 Å². The van der Waals surface area contributed by atoms with Crippen LogP contribution in [0.1, 0.15) is 23.5 Å². The number of allylic oxidation sites excluding steroid dienone is 1. The highest BCUT2D eigenvalue weighted by Gasteiger charge is 2.28. The minimum absolute atomic E-state index is 0.0379. The predicted octanol–water partition coefficient (Wildman–Crippen LogP) is 3.00. The van der Waals surface area contributed by atoms with Crippen LogP contribution in [0.15, 0.2) is 24.0 Å². The van der Waals surface area contributed by atoms with Crippen molar-refractivity contribution in [1.29, 1.82) is 5.26 Å². The fourth-order valence-electron chi connectivity index (χ4n) is 3.40. The molecule has 0 saturated carbocycles. The lowest BCUT2D eigenvalue weighted by Crippen LogP contribution is -2.48. The normalized spacial score (nSPS) is 17.0. The predicted molar refractivity (Wildman–Crippen MR) is 98.5 cm³/mol. The molecule has 9 heteroatoms. The summed E-state index contributed by atoms with van der Waals surface area (Å²) in [5.41, 5.74) is 1.81. The average molecular weight is 389 g/mol. The van der Waals surface area contributed by atoms with Crippen molar-refractivity contribution in [2.45, 2.75) is 25.9 Å². The Morgan fingerprint density at radius 1 is 1.19 bits per heavy atom. The van der Waals surface area contributed by atoms with Gasteiger partial charge in [-0.25, -0.2) is 14.5 Å². The number of hydrogen-bond acceptors (Lipinski definition) is 5. The Balaban J connectivity index is 1.43. The van der Waals surface area contributed by atoms with E-state index in [0.717, 1.165) is 16.3 Å². The van der Waals surface area contributed by atoms with E-state index in [0.29, 0.717) is 55.5 Å². The molecule has 0 aliphatic carbocycles. The maximum Gasteiger partial charge on any atom is 0.320 e. The van der Waals surface area contributed by atoms with E-state index < -0.39 is 0 Å². The first-order chi connectivity index (χ1) is 12.7. The molecule has 0 N–H and O–H groups in total. The summed E-state index contributed by atoms with van der Waals surface area (Å²) in [7, 11) is 0. The van der Waals surface area contributed by atoms with Gasteiger partial charge in [0.1, 0.15) is 18.2 Å². The van der Waals surface area contributed by atoms with Crippen LogP contribution in [-0.4, -0.2) is 50.2 Å². The van der Waals surface area contributed by atoms with Gasteiger partial charge in [0.05, 0.1) is 23.0 Å². The highest BCUT2D eigenvalue weighted by atomic mass is 35.5. The first kappa shape index (κ1) is 17.1. The molecule has 1 fully saturated rings. The summed E-state index contributed by atoms with van der Waals surface area (Å²) in [4.78, 5) is 21.6. The third-order valence-corrected chi connectivity index (χ3v) is 6.05. The fourth-order valence-corrected chi connectivity index (χ4v) is 4.49. The lowest BCUT2D eigenvalue weighted by atomic mass is 9.97. The zero-order valence-electron chi connectivity index (χ0n) is 14.1. The van der Waals surface area contributed by atoms with E-state index in [1.807, 2.05) is 26.6 Å². The summed E-state index contributed by atoms with van der Waals surface area (Å²) in [6, 6.07) is 6.06. The Morgan fingerprint density at radius 2 is 2.00 bits per heavy atom. The molecule has 0 atom stereocenters. The van der Waals surface area contributed by atoms with Crippen molar-refractivity contribution >= 4 is 34.5 Å². The minimum atomic E-state index is 0.0379. The van der Waals surface area contributed by atoms with Crippen LogP contribution < -0.4 is 0 Å². The Labute approximate surface area is 160 Å². The van der Waals surface area contributed by atoms with Crippen LogP contribution in [-0.2, 0) is 13.1 Å². The van der Waals surface area contributed by atoms with Crippen LogP contribution in [0.4, 0.5) is 4.79 Å². The second-order valence-electron chi connectivity index (χ2n) is 6.28. The van der Waals surface area contributed by atoms with E-state index in [9.17, 15) is 10.1 Å². The van der Waals surface area contributed by atoms with Crippen molar-refractivity contribution in [3.05, 3.63) is 39.1 Å². The summed E-state index contributed by atoms with van der Waals surface area (Å²) in [5.74, 6) is 0.823. The molecule has 1 saturated heterocycles. The van der Waals surface area contributed by atoms with Crippen molar-refractivity contribution in [2.75, 3.05) is 19.6 Å². The Kier molecular flexibility index (Phi) is 4.66. The summed E-state index contributed by atoms with van der Waals surface area (Å²) in [6.45, 7) is 3.07. The number of aromatic nitrogens is 3. The molecular formula is C17H17ClN6OS. The summed E-state index contributed by atoms with van der Waals surface area (Å²) < 4.78 is 2.52. The molecule has 2 aromatic rings. The monoisotopic (exact) mass is 388 g/mol. The zero-order valence-corrected chi connectivity index (χ0v) is 15.6. The van der Waals surface area contributed by atoms with Gasteiger partial charge in [0.25, 0.3) is 0 Å². The van der Waals surface area contributed by atoms with Gasteiger partial charge in [-0.05, 0) is 30.5 Å². The Bertz CT molecular complexity index is 900. The molecule has 2 amide bonds. The number of nitrogens with zero attached hydrogens (tertiary/aromatic N) is 6. The summed E-state index contributed by atoms with van der Waals surface area (Å²) in [6.07, 6.45) is 2.96. The zero-order chi connectivity index (χ0) is 18.1. The van der Waals surface area contributed by atoms with Gasteiger partial charge >= 0.3 is 6.03 Å². The van der Waals surface area contributed by atoms with E-state index >= 15 is 0 Å². The first-order valence-electron chi connectivity index (χ1n) is 8.44. The lowest BCUT2D eigenvalue weighted by molar-refractivity contribution is 0.135. The largest absolute Gasteiger partial charge is 0.324 e. The van der Waals surface area contributed by atoms with Gasteiger partial charge in [-0.3, -0.25) is 0 Å². The van der Waals surface area contributed by atoms with E-state index in [1.165, 1.54) is 17.7 Å². The number of urea groups is 1. The highest BCUT2D eigenvalue weighted by molar-refractivity contribution is 7.17. The van der Waals surface area contributed by atoms with Crippen LogP contribution in [0, 0.1) is 11.3 Å². The molecule has 2 aliphatic heterocycles. The van der Waals surface area contributed by atoms with Gasteiger partial charge < -0.3 is 9.80 Å². The number of carbonyl (C=O) groups is 1. The van der Waals surface area contributed by atoms with Gasteiger partial charge in [0.2, 0.25) is 0 Å². The molecule has 134 valence electrons. The number of hydrogen-bond donors (Lipinski definition) is 0. The first-order valence-corrected chi connectivity index (χ1v) is 9.63. The van der Waals surface area contributed by atoms with Crippen LogP contribution in [0.3, 0.4) is 0 Å². The van der Waals surface area contributed by atoms with Crippen molar-refractivity contribution in [3.8, 4) is 6.07 Å². The molecule has 4 rings (SSSR count). The number of thiophene rings is 1. The molecule has 26 heavy (non-hydrogen) atoms. The molecule has 0 spiro atoms. The van der Waals surface area contributed by atoms with Crippen LogP contribution >= 0.6 is 22.9 Å². The van der Waals surface area contributed by atoms with Crippen LogP contribution in [0.5, 0.6) is 0 Å². The van der Waals surface area contributed by atoms with Gasteiger partial charge in [0.15, 0.2) is 0 Å². The van der Waals surface area contributed by atoms with Crippen molar-refractivity contribution in [3.63, 3.8) is 0 Å². The molecule has 0 unspecified atom stereocenters. The number of fused-ring (bicyclic) bond motifs is 1. The van der Waals surface area contributed by atoms with E-state index in [2.05, 4.69) is 16.2 Å². The third kappa shape index (κ3) is 3.20. The van der Waals surface area contributed by atoms with Crippen molar-refractivity contribution < 1.29 is 4.79 Å². The number of rotatable bonds is 1. The van der Waals surface area contributed by atoms with Gasteiger partial charge in [-0.15, -0.1) is 11.3 Å². The molecule has 0 bridgehead atoms. The topological polar surface area (TPSA) is 78.0 Å². The fraction of sp³-hybridized carbons (Fsp3) is 0.412. The van der Waals surface area contributed by atoms with Gasteiger partial charge in [-0.1, -0.05) is 11.6 Å². The third-order valence-electron chi connectivity index (χ3n) is 4.80. The number of halogens is 1. The molecule has 2 aliphatic rings. The molecule has 0 aromatic carbocycles. The maximum absolute atomic E-state index is 12.8. The lowest BCUT2D eigenvalue weighted by Gasteiger charge is -2.35. The number of carbonyl (C=O) groups excluding carboxylic acids is 1. The molecule has 0 radical (unpaired) electrons. The second kappa shape index (κ2) is 7.09. The smallest absolute Gasteiger partial charge is 0.320 e.